The van der Waals surface area contributed by atoms with Gasteiger partial charge in [-0.05, 0) is 58.8 Å². The van der Waals surface area contributed by atoms with Gasteiger partial charge in [-0.3, -0.25) is 0 Å². The highest BCUT2D eigenvalue weighted by Gasteiger charge is 2.17. The van der Waals surface area contributed by atoms with Gasteiger partial charge < -0.3 is 9.47 Å². The molecule has 0 radical (unpaired) electrons. The fraction of sp³-hybridized carbons (Fsp3) is 0.190. The van der Waals surface area contributed by atoms with E-state index >= 15 is 0 Å². The minimum atomic E-state index is -3.53. The lowest BCUT2D eigenvalue weighted by molar-refractivity contribution is 0.0472. The highest BCUT2D eigenvalue weighted by Crippen LogP contribution is 2.22. The predicted molar refractivity (Wildman–Crippen MR) is 107 cm³/mol. The molecule has 0 N–H and O–H groups in total. The maximum Gasteiger partial charge on any atom is 0.338 e. The van der Waals surface area contributed by atoms with E-state index in [1.54, 1.807) is 7.11 Å². The van der Waals surface area contributed by atoms with Gasteiger partial charge in [-0.25, -0.2) is 17.5 Å². The van der Waals surface area contributed by atoms with E-state index in [1.165, 1.54) is 38.4 Å². The molecule has 7 heteroatoms. The molecule has 3 rings (SSSR count). The molecular formula is C21H21NO5S. The van der Waals surface area contributed by atoms with Crippen molar-refractivity contribution < 1.29 is 22.7 Å². The first-order chi connectivity index (χ1) is 13.3. The molecule has 3 aromatic carbocycles. The zero-order valence-electron chi connectivity index (χ0n) is 15.9. The molecule has 3 aromatic rings. The molecule has 0 unspecified atom stereocenters. The van der Waals surface area contributed by atoms with E-state index < -0.39 is 16.0 Å². The number of methoxy groups -OCH3 is 1. The Balaban J connectivity index is 1.69. The molecule has 0 aromatic heterocycles. The van der Waals surface area contributed by atoms with E-state index in [1.807, 2.05) is 36.4 Å². The number of nitrogens with zero attached hydrogens (tertiary/aromatic N) is 1. The Morgan fingerprint density at radius 2 is 1.57 bits per heavy atom. The minimum absolute atomic E-state index is 0.124. The molecule has 0 atom stereocenters. The van der Waals surface area contributed by atoms with Gasteiger partial charge in [0.2, 0.25) is 10.0 Å². The number of rotatable bonds is 6. The number of benzene rings is 3. The number of ether oxygens (including phenoxy) is 2. The van der Waals surface area contributed by atoms with Crippen LogP contribution in [-0.2, 0) is 21.4 Å². The largest absolute Gasteiger partial charge is 0.497 e. The molecule has 0 fully saturated rings. The van der Waals surface area contributed by atoms with Crippen molar-refractivity contribution in [3.05, 3.63) is 71.8 Å². The third kappa shape index (κ3) is 4.16. The van der Waals surface area contributed by atoms with Crippen LogP contribution in [0.5, 0.6) is 5.75 Å². The molecule has 0 spiro atoms. The lowest BCUT2D eigenvalue weighted by Crippen LogP contribution is -2.22. The summed E-state index contributed by atoms with van der Waals surface area (Å²) in [5, 5.41) is 2.06. The quantitative estimate of drug-likeness (QED) is 0.594. The minimum Gasteiger partial charge on any atom is -0.497 e. The third-order valence-corrected chi connectivity index (χ3v) is 6.18. The fourth-order valence-corrected chi connectivity index (χ4v) is 3.60. The standard InChI is InChI=1S/C21H21NO5S/c1-22(2)28(24,25)20-10-7-16(8-11-20)21(23)27-14-15-4-5-18-13-19(26-3)9-6-17(18)12-15/h4-13H,14H2,1-3H3. The van der Waals surface area contributed by atoms with Gasteiger partial charge in [0.25, 0.3) is 0 Å². The number of hydrogen-bond acceptors (Lipinski definition) is 5. The van der Waals surface area contributed by atoms with Gasteiger partial charge in [-0.15, -0.1) is 0 Å². The van der Waals surface area contributed by atoms with Gasteiger partial charge >= 0.3 is 5.97 Å². The maximum absolute atomic E-state index is 12.3. The molecule has 0 bridgehead atoms. The van der Waals surface area contributed by atoms with Crippen LogP contribution in [0.2, 0.25) is 0 Å². The smallest absolute Gasteiger partial charge is 0.338 e. The summed E-state index contributed by atoms with van der Waals surface area (Å²) >= 11 is 0. The summed E-state index contributed by atoms with van der Waals surface area (Å²) in [4.78, 5) is 12.4. The van der Waals surface area contributed by atoms with Gasteiger partial charge in [0.15, 0.2) is 0 Å². The van der Waals surface area contributed by atoms with E-state index in [2.05, 4.69) is 0 Å². The number of sulfonamides is 1. The fourth-order valence-electron chi connectivity index (χ4n) is 2.70. The van der Waals surface area contributed by atoms with Crippen molar-refractivity contribution in [3.63, 3.8) is 0 Å². The van der Waals surface area contributed by atoms with Gasteiger partial charge in [-0.1, -0.05) is 18.2 Å². The Morgan fingerprint density at radius 1 is 0.929 bits per heavy atom. The van der Waals surface area contributed by atoms with Crippen molar-refractivity contribution in [3.8, 4) is 5.75 Å². The molecule has 0 saturated carbocycles. The number of carbonyl (C=O) groups excluding carboxylic acids is 1. The van der Waals surface area contributed by atoms with Crippen LogP contribution in [0.15, 0.2) is 65.6 Å². The molecule has 0 heterocycles. The maximum atomic E-state index is 12.3. The summed E-state index contributed by atoms with van der Waals surface area (Å²) in [5.74, 6) is 0.273. The molecule has 146 valence electrons. The van der Waals surface area contributed by atoms with Crippen molar-refractivity contribution in [1.82, 2.24) is 4.31 Å². The summed E-state index contributed by atoms with van der Waals surface area (Å²) < 4.78 is 35.8. The van der Waals surface area contributed by atoms with E-state index in [9.17, 15) is 13.2 Å². The number of carbonyl (C=O) groups is 1. The van der Waals surface area contributed by atoms with Crippen LogP contribution in [0.25, 0.3) is 10.8 Å². The van der Waals surface area contributed by atoms with E-state index in [0.717, 1.165) is 26.4 Å². The van der Waals surface area contributed by atoms with Gasteiger partial charge in [0.1, 0.15) is 12.4 Å². The lowest BCUT2D eigenvalue weighted by Gasteiger charge is -2.11. The first kappa shape index (κ1) is 19.9. The molecule has 0 aliphatic rings. The van der Waals surface area contributed by atoms with Crippen molar-refractivity contribution in [2.24, 2.45) is 0 Å². The summed E-state index contributed by atoms with van der Waals surface area (Å²) in [5.41, 5.74) is 1.15. The van der Waals surface area contributed by atoms with Crippen LogP contribution in [0.3, 0.4) is 0 Å². The summed E-state index contributed by atoms with van der Waals surface area (Å²) in [7, 11) is 1.01. The first-order valence-corrected chi connectivity index (χ1v) is 10.0. The first-order valence-electron chi connectivity index (χ1n) is 8.57. The van der Waals surface area contributed by atoms with E-state index in [0.29, 0.717) is 5.56 Å². The topological polar surface area (TPSA) is 72.9 Å². The van der Waals surface area contributed by atoms with E-state index in [-0.39, 0.29) is 11.5 Å². The van der Waals surface area contributed by atoms with Crippen molar-refractivity contribution in [1.29, 1.82) is 0 Å². The van der Waals surface area contributed by atoms with Gasteiger partial charge in [0, 0.05) is 14.1 Å². The predicted octanol–water partition coefficient (Wildman–Crippen LogP) is 3.46. The lowest BCUT2D eigenvalue weighted by atomic mass is 10.1. The normalized spacial score (nSPS) is 11.6. The van der Waals surface area contributed by atoms with Crippen LogP contribution in [0, 0.1) is 0 Å². The molecular weight excluding hydrogens is 378 g/mol. The summed E-state index contributed by atoms with van der Waals surface area (Å²) in [6, 6.07) is 17.2. The monoisotopic (exact) mass is 399 g/mol. The second-order valence-electron chi connectivity index (χ2n) is 6.44. The highest BCUT2D eigenvalue weighted by molar-refractivity contribution is 7.89. The molecule has 28 heavy (non-hydrogen) atoms. The third-order valence-electron chi connectivity index (χ3n) is 4.35. The second kappa shape index (κ2) is 8.00. The van der Waals surface area contributed by atoms with Crippen molar-refractivity contribution in [2.75, 3.05) is 21.2 Å². The van der Waals surface area contributed by atoms with Crippen molar-refractivity contribution in [2.45, 2.75) is 11.5 Å². The zero-order chi connectivity index (χ0) is 20.3. The number of fused-ring (bicyclic) bond motifs is 1. The highest BCUT2D eigenvalue weighted by atomic mass is 32.2. The van der Waals surface area contributed by atoms with Crippen LogP contribution in [0.4, 0.5) is 0 Å². The number of hydrogen-bond donors (Lipinski definition) is 0. The van der Waals surface area contributed by atoms with Gasteiger partial charge in [-0.2, -0.15) is 0 Å². The molecule has 6 nitrogen and oxygen atoms in total. The zero-order valence-corrected chi connectivity index (χ0v) is 16.7. The molecule has 0 aliphatic heterocycles. The summed E-state index contributed by atoms with van der Waals surface area (Å²) in [6.45, 7) is 0.124. The Kier molecular flexibility index (Phi) is 5.67. The SMILES string of the molecule is COc1ccc2cc(COC(=O)c3ccc(S(=O)(=O)N(C)C)cc3)ccc2c1. The Hall–Kier alpha value is -2.90. The molecule has 0 saturated heterocycles. The Morgan fingerprint density at radius 3 is 2.21 bits per heavy atom. The Labute approximate surface area is 164 Å². The second-order valence-corrected chi connectivity index (χ2v) is 8.59. The van der Waals surface area contributed by atoms with Crippen LogP contribution in [-0.4, -0.2) is 39.9 Å². The van der Waals surface area contributed by atoms with Crippen molar-refractivity contribution >= 4 is 26.8 Å². The van der Waals surface area contributed by atoms with Gasteiger partial charge in [0.05, 0.1) is 17.6 Å². The van der Waals surface area contributed by atoms with Crippen LogP contribution in [0.1, 0.15) is 15.9 Å². The number of esters is 1. The Bertz CT molecular complexity index is 1110. The molecule has 0 amide bonds. The average molecular weight is 399 g/mol. The van der Waals surface area contributed by atoms with Crippen LogP contribution < -0.4 is 4.74 Å². The van der Waals surface area contributed by atoms with E-state index in [4.69, 9.17) is 9.47 Å². The average Bonchev–Trinajstić information content (AvgIpc) is 2.71. The molecule has 0 aliphatic carbocycles. The summed E-state index contributed by atoms with van der Waals surface area (Å²) in [6.07, 6.45) is 0. The van der Waals surface area contributed by atoms with Crippen LogP contribution >= 0.6 is 0 Å².